The van der Waals surface area contributed by atoms with Crippen molar-refractivity contribution in [1.29, 1.82) is 0 Å². The minimum atomic E-state index is -2.49. The van der Waals surface area contributed by atoms with Crippen LogP contribution in [0.4, 0.5) is 0 Å². The van der Waals surface area contributed by atoms with Gasteiger partial charge in [-0.25, -0.2) is 0 Å². The van der Waals surface area contributed by atoms with E-state index in [4.69, 9.17) is 4.52 Å². The molecule has 3 nitrogen and oxygen atoms in total. The highest BCUT2D eigenvalue weighted by Gasteiger charge is 2.26. The van der Waals surface area contributed by atoms with Gasteiger partial charge in [-0.3, -0.25) is 9.36 Å². The van der Waals surface area contributed by atoms with Crippen molar-refractivity contribution in [2.45, 2.75) is 31.8 Å². The van der Waals surface area contributed by atoms with Crippen LogP contribution in [0.25, 0.3) is 0 Å². The van der Waals surface area contributed by atoms with Gasteiger partial charge >= 0.3 is 0 Å². The van der Waals surface area contributed by atoms with Crippen molar-refractivity contribution >= 4 is 13.2 Å². The van der Waals surface area contributed by atoms with E-state index in [1.165, 1.54) is 0 Å². The zero-order valence-corrected chi connectivity index (χ0v) is 8.47. The molecule has 70 valence electrons. The summed E-state index contributed by atoms with van der Waals surface area (Å²) in [5.41, 5.74) is 0. The summed E-state index contributed by atoms with van der Waals surface area (Å²) in [5.74, 6) is 0.116. The summed E-state index contributed by atoms with van der Waals surface area (Å²) < 4.78 is 16.5. The van der Waals surface area contributed by atoms with Crippen molar-refractivity contribution in [3.63, 3.8) is 0 Å². The first-order valence-corrected chi connectivity index (χ1v) is 6.77. The summed E-state index contributed by atoms with van der Waals surface area (Å²) in [6.07, 6.45) is 2.90. The Morgan fingerprint density at radius 1 is 1.42 bits per heavy atom. The van der Waals surface area contributed by atoms with Crippen molar-refractivity contribution in [1.82, 2.24) is 0 Å². The van der Waals surface area contributed by atoms with Crippen LogP contribution in [0.1, 0.15) is 25.7 Å². The van der Waals surface area contributed by atoms with Crippen LogP contribution >= 0.6 is 7.37 Å². The van der Waals surface area contributed by atoms with E-state index in [-0.39, 0.29) is 11.9 Å². The molecule has 0 bridgehead atoms. The third-order valence-corrected chi connectivity index (χ3v) is 2.64. The highest BCUT2D eigenvalue weighted by atomic mass is 31.2. The second-order valence-electron chi connectivity index (χ2n) is 3.56. The number of hydrogen-bond donors (Lipinski definition) is 0. The lowest BCUT2D eigenvalue weighted by Gasteiger charge is -2.22. The smallest absolute Gasteiger partial charge is 0.197 e. The van der Waals surface area contributed by atoms with E-state index >= 15 is 0 Å². The first-order valence-electron chi connectivity index (χ1n) is 4.25. The summed E-state index contributed by atoms with van der Waals surface area (Å²) in [5, 5.41) is 0. The number of carbonyl (C=O) groups is 1. The molecule has 0 N–H and O–H groups in total. The first kappa shape index (κ1) is 9.94. The molecule has 0 aromatic rings. The van der Waals surface area contributed by atoms with Gasteiger partial charge in [0.15, 0.2) is 13.2 Å². The van der Waals surface area contributed by atoms with E-state index in [2.05, 4.69) is 0 Å². The quantitative estimate of drug-likeness (QED) is 0.626. The molecule has 1 unspecified atom stereocenters. The van der Waals surface area contributed by atoms with Crippen LogP contribution in [0, 0.1) is 0 Å². The summed E-state index contributed by atoms with van der Waals surface area (Å²) >= 11 is 0. The van der Waals surface area contributed by atoms with E-state index in [0.29, 0.717) is 6.42 Å². The van der Waals surface area contributed by atoms with Crippen molar-refractivity contribution in [3.8, 4) is 0 Å². The second-order valence-corrected chi connectivity index (χ2v) is 6.27. The van der Waals surface area contributed by atoms with Crippen LogP contribution in [0.3, 0.4) is 0 Å². The third-order valence-electron chi connectivity index (χ3n) is 1.88. The predicted molar refractivity (Wildman–Crippen MR) is 47.8 cm³/mol. The Labute approximate surface area is 72.9 Å². The van der Waals surface area contributed by atoms with E-state index in [1.807, 2.05) is 0 Å². The Hall–Kier alpha value is -0.140. The van der Waals surface area contributed by atoms with Crippen molar-refractivity contribution in [3.05, 3.63) is 0 Å². The molecule has 0 saturated heterocycles. The molecule has 0 amide bonds. The van der Waals surface area contributed by atoms with E-state index in [1.54, 1.807) is 13.3 Å². The van der Waals surface area contributed by atoms with E-state index in [9.17, 15) is 9.36 Å². The number of carbonyl (C=O) groups excluding carboxylic acids is 1. The molecule has 0 aromatic carbocycles. The summed E-state index contributed by atoms with van der Waals surface area (Å²) in [4.78, 5) is 11.2. The molecular weight excluding hydrogens is 175 g/mol. The van der Waals surface area contributed by atoms with E-state index < -0.39 is 7.37 Å². The van der Waals surface area contributed by atoms with Crippen LogP contribution in [0.15, 0.2) is 0 Å². The second kappa shape index (κ2) is 3.71. The lowest BCUT2D eigenvalue weighted by molar-refractivity contribution is -0.127. The van der Waals surface area contributed by atoms with Crippen LogP contribution in [-0.4, -0.2) is 25.2 Å². The lowest BCUT2D eigenvalue weighted by Crippen LogP contribution is -2.26. The Morgan fingerprint density at radius 2 is 2.08 bits per heavy atom. The van der Waals surface area contributed by atoms with Crippen molar-refractivity contribution in [2.24, 2.45) is 0 Å². The van der Waals surface area contributed by atoms with Crippen molar-refractivity contribution in [2.75, 3.05) is 13.3 Å². The number of hydrogen-bond acceptors (Lipinski definition) is 3. The Balaban J connectivity index is 2.50. The van der Waals surface area contributed by atoms with Crippen LogP contribution in [0.5, 0.6) is 0 Å². The molecule has 1 rings (SSSR count). The summed E-state index contributed by atoms with van der Waals surface area (Å²) in [6.45, 7) is 3.10. The molecule has 0 heterocycles. The highest BCUT2D eigenvalue weighted by molar-refractivity contribution is 7.57. The van der Waals surface area contributed by atoms with Gasteiger partial charge < -0.3 is 4.52 Å². The fourth-order valence-electron chi connectivity index (χ4n) is 1.37. The Bertz CT molecular complexity index is 218. The van der Waals surface area contributed by atoms with Gasteiger partial charge in [0.2, 0.25) is 0 Å². The van der Waals surface area contributed by atoms with Gasteiger partial charge in [-0.15, -0.1) is 0 Å². The molecule has 4 heteroatoms. The average Bonchev–Trinajstić information content (AvgIpc) is 1.91. The average molecular weight is 190 g/mol. The number of ketones is 1. The van der Waals surface area contributed by atoms with Gasteiger partial charge in [0.1, 0.15) is 6.10 Å². The normalized spacial score (nSPS) is 25.8. The van der Waals surface area contributed by atoms with Gasteiger partial charge in [-0.1, -0.05) is 0 Å². The molecule has 1 aliphatic carbocycles. The molecular formula is C8H15O3P. The van der Waals surface area contributed by atoms with Crippen molar-refractivity contribution < 1.29 is 13.9 Å². The molecule has 0 radical (unpaired) electrons. The maximum atomic E-state index is 11.3. The van der Waals surface area contributed by atoms with Gasteiger partial charge in [-0.2, -0.15) is 0 Å². The van der Waals surface area contributed by atoms with Crippen LogP contribution in [0.2, 0.25) is 0 Å². The topological polar surface area (TPSA) is 43.4 Å². The summed E-state index contributed by atoms with van der Waals surface area (Å²) in [7, 11) is -2.49. The van der Waals surface area contributed by atoms with Gasteiger partial charge in [0, 0.05) is 19.8 Å². The molecule has 1 aliphatic rings. The van der Waals surface area contributed by atoms with Crippen LogP contribution < -0.4 is 0 Å². The third kappa shape index (κ3) is 3.08. The van der Waals surface area contributed by atoms with Gasteiger partial charge in [0.05, 0.1) is 0 Å². The molecule has 0 aromatic heterocycles. The molecule has 1 atom stereocenters. The fraction of sp³-hybridized carbons (Fsp3) is 0.875. The molecule has 0 spiro atoms. The molecule has 0 aliphatic heterocycles. The Morgan fingerprint density at radius 3 is 2.58 bits per heavy atom. The van der Waals surface area contributed by atoms with Crippen LogP contribution in [-0.2, 0) is 13.9 Å². The molecule has 12 heavy (non-hydrogen) atoms. The fourth-order valence-corrected chi connectivity index (χ4v) is 2.20. The van der Waals surface area contributed by atoms with Gasteiger partial charge in [-0.05, 0) is 19.3 Å². The number of Topliss-reactive ketones (excluding diaryl/α,β-unsaturated/α-hetero) is 1. The van der Waals surface area contributed by atoms with E-state index in [0.717, 1.165) is 19.3 Å². The summed E-state index contributed by atoms with van der Waals surface area (Å²) in [6, 6.07) is 0. The largest absolute Gasteiger partial charge is 0.317 e. The maximum absolute atomic E-state index is 11.3. The minimum Gasteiger partial charge on any atom is -0.317 e. The van der Waals surface area contributed by atoms with Gasteiger partial charge in [0.25, 0.3) is 0 Å². The number of rotatable bonds is 2. The molecule has 1 fully saturated rings. The SMILES string of the molecule is CP(C)(=O)OC1CCCCC1=O. The highest BCUT2D eigenvalue weighted by Crippen LogP contribution is 2.41. The molecule has 1 saturated carbocycles. The standard InChI is InChI=1S/C8H15O3P/c1-12(2,10)11-8-6-4-3-5-7(8)9/h8H,3-6H2,1-2H3. The first-order chi connectivity index (χ1) is 5.49. The lowest BCUT2D eigenvalue weighted by atomic mass is 9.97. The maximum Gasteiger partial charge on any atom is 0.197 e. The Kier molecular flexibility index (Phi) is 3.08. The zero-order chi connectivity index (χ0) is 9.19. The minimum absolute atomic E-state index is 0.116. The zero-order valence-electron chi connectivity index (χ0n) is 7.58. The monoisotopic (exact) mass is 190 g/mol. The predicted octanol–water partition coefficient (Wildman–Crippen LogP) is 2.05.